The summed E-state index contributed by atoms with van der Waals surface area (Å²) in [4.78, 5) is 23.7. The fourth-order valence-electron chi connectivity index (χ4n) is 4.25. The van der Waals surface area contributed by atoms with Gasteiger partial charge in [-0.1, -0.05) is 48.9 Å². The van der Waals surface area contributed by atoms with Gasteiger partial charge in [0.2, 0.25) is 5.91 Å². The molecule has 1 amide bonds. The minimum atomic E-state index is -0.0873. The van der Waals surface area contributed by atoms with Gasteiger partial charge >= 0.3 is 0 Å². The zero-order valence-electron chi connectivity index (χ0n) is 20.1. The smallest absolute Gasteiger partial charge is 0.224 e. The molecule has 0 bridgehead atoms. The van der Waals surface area contributed by atoms with E-state index in [4.69, 9.17) is 11.1 Å². The number of amides is 1. The molecule has 7 heteroatoms. The van der Waals surface area contributed by atoms with Crippen molar-refractivity contribution in [2.75, 3.05) is 11.1 Å². The van der Waals surface area contributed by atoms with E-state index in [1.807, 2.05) is 30.3 Å². The lowest BCUT2D eigenvalue weighted by molar-refractivity contribution is -0.115. The first kappa shape index (κ1) is 23.0. The van der Waals surface area contributed by atoms with E-state index in [1.54, 1.807) is 25.5 Å². The number of carbonyl (C=O) groups is 1. The zero-order valence-corrected chi connectivity index (χ0v) is 20.1. The van der Waals surface area contributed by atoms with Gasteiger partial charge in [-0.2, -0.15) is 0 Å². The molecule has 0 spiro atoms. The molecule has 0 saturated heterocycles. The second kappa shape index (κ2) is 9.46. The summed E-state index contributed by atoms with van der Waals surface area (Å²) in [6.07, 6.45) is 5.32. The fraction of sp³-hybridized carbons (Fsp3) is 0.103. The average Bonchev–Trinajstić information content (AvgIpc) is 3.33. The molecule has 0 saturated carbocycles. The van der Waals surface area contributed by atoms with Crippen LogP contribution < -0.4 is 11.1 Å². The van der Waals surface area contributed by atoms with E-state index >= 15 is 0 Å². The second-order valence-electron chi connectivity index (χ2n) is 8.72. The van der Waals surface area contributed by atoms with E-state index in [2.05, 4.69) is 57.5 Å². The molecule has 5 rings (SSSR count). The molecule has 5 aromatic rings. The van der Waals surface area contributed by atoms with Gasteiger partial charge in [0.05, 0.1) is 23.3 Å². The van der Waals surface area contributed by atoms with Crippen molar-refractivity contribution in [2.24, 2.45) is 0 Å². The van der Waals surface area contributed by atoms with Gasteiger partial charge in [0, 0.05) is 46.4 Å². The van der Waals surface area contributed by atoms with Crippen LogP contribution in [0.25, 0.3) is 33.2 Å². The number of hydrogen-bond acceptors (Lipinski definition) is 5. The fourth-order valence-corrected chi connectivity index (χ4v) is 4.25. The largest absolute Gasteiger partial charge is 0.383 e. The zero-order chi connectivity index (χ0) is 25.2. The highest BCUT2D eigenvalue weighted by molar-refractivity contribution is 6.15. The van der Waals surface area contributed by atoms with Crippen molar-refractivity contribution in [1.82, 2.24) is 15.0 Å². The van der Waals surface area contributed by atoms with Crippen molar-refractivity contribution in [3.63, 3.8) is 0 Å². The van der Waals surface area contributed by atoms with Crippen molar-refractivity contribution in [3.8, 4) is 22.3 Å². The third-order valence-corrected chi connectivity index (χ3v) is 6.13. The number of nitrogens with one attached hydrogen (secondary N) is 3. The summed E-state index contributed by atoms with van der Waals surface area (Å²) < 4.78 is 0. The van der Waals surface area contributed by atoms with Crippen LogP contribution in [0, 0.1) is 12.3 Å². The number of pyridine rings is 2. The van der Waals surface area contributed by atoms with Crippen LogP contribution in [0.3, 0.4) is 0 Å². The first-order valence-corrected chi connectivity index (χ1v) is 11.7. The van der Waals surface area contributed by atoms with Crippen LogP contribution in [0.1, 0.15) is 30.2 Å². The molecular formula is C29H26N6O. The van der Waals surface area contributed by atoms with E-state index in [0.29, 0.717) is 23.4 Å². The lowest BCUT2D eigenvalue weighted by atomic mass is 9.99. The molecule has 7 nitrogen and oxygen atoms in total. The molecule has 3 aromatic heterocycles. The van der Waals surface area contributed by atoms with Crippen molar-refractivity contribution in [1.29, 1.82) is 5.41 Å². The molecule has 2 aromatic carbocycles. The first-order valence-electron chi connectivity index (χ1n) is 11.7. The minimum Gasteiger partial charge on any atom is -0.383 e. The summed E-state index contributed by atoms with van der Waals surface area (Å²) >= 11 is 0. The Morgan fingerprint density at radius 1 is 1.00 bits per heavy atom. The summed E-state index contributed by atoms with van der Waals surface area (Å²) in [6, 6.07) is 20.1. The number of aromatic nitrogens is 3. The molecule has 0 radical (unpaired) electrons. The van der Waals surface area contributed by atoms with Crippen LogP contribution in [0.2, 0.25) is 0 Å². The molecule has 0 aliphatic rings. The third-order valence-electron chi connectivity index (χ3n) is 6.13. The van der Waals surface area contributed by atoms with Crippen LogP contribution in [0.5, 0.6) is 0 Å². The Hall–Kier alpha value is -4.78. The number of H-pyrrole nitrogens is 1. The van der Waals surface area contributed by atoms with Crippen LogP contribution in [0.15, 0.2) is 79.3 Å². The number of hydrogen-bond donors (Lipinski definition) is 4. The Morgan fingerprint density at radius 2 is 1.81 bits per heavy atom. The molecule has 0 atom stereocenters. The number of nitrogen functional groups attached to an aromatic ring is 1. The minimum absolute atomic E-state index is 0.0873. The molecule has 0 fully saturated rings. The average molecular weight is 475 g/mol. The van der Waals surface area contributed by atoms with Crippen molar-refractivity contribution in [2.45, 2.75) is 20.3 Å². The first-order chi connectivity index (χ1) is 17.4. The maximum Gasteiger partial charge on any atom is 0.224 e. The summed E-state index contributed by atoms with van der Waals surface area (Å²) in [6.45, 7) is 3.87. The van der Waals surface area contributed by atoms with E-state index < -0.39 is 0 Å². The predicted octanol–water partition coefficient (Wildman–Crippen LogP) is 5.95. The highest BCUT2D eigenvalue weighted by Gasteiger charge is 2.16. The Balaban J connectivity index is 1.52. The Morgan fingerprint density at radius 3 is 2.61 bits per heavy atom. The number of anilines is 2. The highest BCUT2D eigenvalue weighted by Crippen LogP contribution is 2.31. The van der Waals surface area contributed by atoms with Gasteiger partial charge in [0.1, 0.15) is 5.82 Å². The van der Waals surface area contributed by atoms with Gasteiger partial charge in [-0.15, -0.1) is 0 Å². The number of benzene rings is 2. The van der Waals surface area contributed by atoms with Crippen LogP contribution >= 0.6 is 0 Å². The number of nitrogens with zero attached hydrogens (tertiary/aromatic N) is 2. The molecule has 36 heavy (non-hydrogen) atoms. The molecule has 3 heterocycles. The lowest BCUT2D eigenvalue weighted by Crippen LogP contribution is -2.10. The SMILES string of the molecule is CCC(=O)Nc1cncc(-c2cnc(N)c(C(=N)c3cc4c(-c5cccc(C)c5)cccc4[nH]3)c2)c1. The molecule has 0 aliphatic heterocycles. The van der Waals surface area contributed by atoms with Gasteiger partial charge in [-0.3, -0.25) is 15.2 Å². The molecule has 5 N–H and O–H groups in total. The topological polar surface area (TPSA) is 121 Å². The van der Waals surface area contributed by atoms with E-state index in [0.717, 1.165) is 33.2 Å². The monoisotopic (exact) mass is 474 g/mol. The van der Waals surface area contributed by atoms with Crippen LogP contribution in [-0.4, -0.2) is 26.6 Å². The number of fused-ring (bicyclic) bond motifs is 1. The van der Waals surface area contributed by atoms with Crippen molar-refractivity contribution < 1.29 is 4.79 Å². The normalized spacial score (nSPS) is 10.9. The van der Waals surface area contributed by atoms with Gasteiger partial charge in [0.15, 0.2) is 0 Å². The van der Waals surface area contributed by atoms with Gasteiger partial charge < -0.3 is 16.0 Å². The standard InChI is InChI=1S/C29H26N6O/c1-3-27(36)34-21-11-19(14-32-16-21)20-12-24(29(31)33-15-20)28(30)26-13-23-22(8-5-9-25(23)35-26)18-7-4-6-17(2)10-18/h4-16,30,35H,3H2,1-2H3,(H2,31,33)(H,34,36). The molecular weight excluding hydrogens is 448 g/mol. The summed E-state index contributed by atoms with van der Waals surface area (Å²) in [5.74, 6) is 0.181. The maximum atomic E-state index is 11.8. The van der Waals surface area contributed by atoms with Crippen molar-refractivity contribution in [3.05, 3.63) is 96.1 Å². The van der Waals surface area contributed by atoms with Gasteiger partial charge in [-0.05, 0) is 42.3 Å². The Labute approximate surface area is 208 Å². The van der Waals surface area contributed by atoms with Gasteiger partial charge in [-0.25, -0.2) is 4.98 Å². The summed E-state index contributed by atoms with van der Waals surface area (Å²) in [5, 5.41) is 12.8. The van der Waals surface area contributed by atoms with Crippen molar-refractivity contribution >= 4 is 34.0 Å². The third kappa shape index (κ3) is 4.46. The number of aryl methyl sites for hydroxylation is 1. The van der Waals surface area contributed by atoms with E-state index in [9.17, 15) is 4.79 Å². The second-order valence-corrected chi connectivity index (χ2v) is 8.72. The number of aromatic amines is 1. The molecule has 0 unspecified atom stereocenters. The molecule has 0 aliphatic carbocycles. The summed E-state index contributed by atoms with van der Waals surface area (Å²) in [7, 11) is 0. The van der Waals surface area contributed by atoms with E-state index in [-0.39, 0.29) is 17.4 Å². The van der Waals surface area contributed by atoms with E-state index in [1.165, 1.54) is 5.56 Å². The number of carbonyl (C=O) groups excluding carboxylic acids is 1. The maximum absolute atomic E-state index is 11.8. The van der Waals surface area contributed by atoms with Crippen LogP contribution in [0.4, 0.5) is 11.5 Å². The predicted molar refractivity (Wildman–Crippen MR) is 145 cm³/mol. The van der Waals surface area contributed by atoms with Crippen LogP contribution in [-0.2, 0) is 4.79 Å². The lowest BCUT2D eigenvalue weighted by Gasteiger charge is -2.10. The van der Waals surface area contributed by atoms with Gasteiger partial charge in [0.25, 0.3) is 0 Å². The quantitative estimate of drug-likeness (QED) is 0.227. The number of nitrogens with two attached hydrogens (primary N) is 1. The molecule has 178 valence electrons. The number of rotatable bonds is 6. The Kier molecular flexibility index (Phi) is 6.04. The highest BCUT2D eigenvalue weighted by atomic mass is 16.1. The summed E-state index contributed by atoms with van der Waals surface area (Å²) in [5.41, 5.74) is 14.1. The Bertz CT molecular complexity index is 1620.